The standard InChI is InChI=1S/C21H23FN2O4S/c1-3-21(26)24-14(2)11-15-12-18(7-8-19(15)24)29(27,28)10-9-20(25)23-17-6-4-5-16(22)13-17/h4-8,12-14H,3,9-11H2,1-2H3,(H,23,25)/t14-/m1/s1. The topological polar surface area (TPSA) is 83.6 Å². The first kappa shape index (κ1) is 21.0. The molecule has 0 radical (unpaired) electrons. The number of carbonyl (C=O) groups is 2. The summed E-state index contributed by atoms with van der Waals surface area (Å²) >= 11 is 0. The summed E-state index contributed by atoms with van der Waals surface area (Å²) in [5.74, 6) is -1.35. The molecule has 1 heterocycles. The lowest BCUT2D eigenvalue weighted by molar-refractivity contribution is -0.118. The first-order valence-electron chi connectivity index (χ1n) is 9.44. The van der Waals surface area contributed by atoms with E-state index in [2.05, 4.69) is 5.32 Å². The minimum Gasteiger partial charge on any atom is -0.326 e. The van der Waals surface area contributed by atoms with Crippen LogP contribution in [0.3, 0.4) is 0 Å². The normalized spacial score (nSPS) is 15.8. The van der Waals surface area contributed by atoms with Crippen molar-refractivity contribution in [2.75, 3.05) is 16.0 Å². The molecule has 0 aliphatic carbocycles. The maximum atomic E-state index is 13.2. The van der Waals surface area contributed by atoms with E-state index < -0.39 is 21.6 Å². The third-order valence-electron chi connectivity index (χ3n) is 4.90. The van der Waals surface area contributed by atoms with E-state index in [4.69, 9.17) is 0 Å². The number of amides is 2. The Morgan fingerprint density at radius 2 is 1.97 bits per heavy atom. The van der Waals surface area contributed by atoms with Gasteiger partial charge in [-0.15, -0.1) is 0 Å². The molecule has 0 spiro atoms. The average Bonchev–Trinajstić information content (AvgIpc) is 3.01. The molecule has 154 valence electrons. The fourth-order valence-corrected chi connectivity index (χ4v) is 4.77. The molecular weight excluding hydrogens is 395 g/mol. The number of nitrogens with zero attached hydrogens (tertiary/aromatic N) is 1. The highest BCUT2D eigenvalue weighted by Gasteiger charge is 2.31. The van der Waals surface area contributed by atoms with Gasteiger partial charge in [0.25, 0.3) is 0 Å². The number of rotatable bonds is 6. The minimum absolute atomic E-state index is 0.000812. The van der Waals surface area contributed by atoms with Gasteiger partial charge in [-0.3, -0.25) is 9.59 Å². The summed E-state index contributed by atoms with van der Waals surface area (Å²) in [7, 11) is -3.68. The monoisotopic (exact) mass is 418 g/mol. The van der Waals surface area contributed by atoms with Gasteiger partial charge in [-0.25, -0.2) is 12.8 Å². The van der Waals surface area contributed by atoms with E-state index in [0.717, 1.165) is 17.3 Å². The molecule has 2 aromatic rings. The van der Waals surface area contributed by atoms with E-state index >= 15 is 0 Å². The minimum atomic E-state index is -3.68. The van der Waals surface area contributed by atoms with Gasteiger partial charge in [-0.05, 0) is 55.3 Å². The molecule has 2 amide bonds. The quantitative estimate of drug-likeness (QED) is 0.780. The Bertz CT molecular complexity index is 1050. The molecule has 1 N–H and O–H groups in total. The number of hydrogen-bond donors (Lipinski definition) is 1. The summed E-state index contributed by atoms with van der Waals surface area (Å²) in [6.07, 6.45) is 0.724. The summed E-state index contributed by atoms with van der Waals surface area (Å²) in [5.41, 5.74) is 1.83. The van der Waals surface area contributed by atoms with Crippen LogP contribution >= 0.6 is 0 Å². The second-order valence-corrected chi connectivity index (χ2v) is 9.20. The number of sulfone groups is 1. The Labute approximate surface area is 169 Å². The molecule has 29 heavy (non-hydrogen) atoms. The van der Waals surface area contributed by atoms with Crippen LogP contribution in [0.2, 0.25) is 0 Å². The highest BCUT2D eigenvalue weighted by atomic mass is 32.2. The van der Waals surface area contributed by atoms with Gasteiger partial charge in [0.15, 0.2) is 9.84 Å². The Morgan fingerprint density at radius 1 is 1.21 bits per heavy atom. The van der Waals surface area contributed by atoms with Gasteiger partial charge in [0.1, 0.15) is 5.82 Å². The van der Waals surface area contributed by atoms with E-state index in [9.17, 15) is 22.4 Å². The zero-order valence-electron chi connectivity index (χ0n) is 16.3. The van der Waals surface area contributed by atoms with Crippen LogP contribution in [0.1, 0.15) is 32.3 Å². The summed E-state index contributed by atoms with van der Waals surface area (Å²) in [4.78, 5) is 26.0. The summed E-state index contributed by atoms with van der Waals surface area (Å²) in [6.45, 7) is 3.72. The Kier molecular flexibility index (Phi) is 6.02. The largest absolute Gasteiger partial charge is 0.326 e. The number of hydrogen-bond acceptors (Lipinski definition) is 4. The van der Waals surface area contributed by atoms with Crippen molar-refractivity contribution in [3.8, 4) is 0 Å². The van der Waals surface area contributed by atoms with Crippen molar-refractivity contribution in [2.24, 2.45) is 0 Å². The van der Waals surface area contributed by atoms with Crippen LogP contribution in [0.25, 0.3) is 0 Å². The number of nitrogens with one attached hydrogen (secondary N) is 1. The third kappa shape index (κ3) is 4.64. The van der Waals surface area contributed by atoms with Crippen LogP contribution in [0, 0.1) is 5.82 Å². The molecule has 1 aliphatic rings. The molecule has 0 saturated carbocycles. The van der Waals surface area contributed by atoms with Gasteiger partial charge in [-0.1, -0.05) is 13.0 Å². The molecule has 3 rings (SSSR count). The van der Waals surface area contributed by atoms with Gasteiger partial charge in [0.2, 0.25) is 11.8 Å². The molecule has 1 atom stereocenters. The van der Waals surface area contributed by atoms with Crippen LogP contribution in [-0.4, -0.2) is 32.0 Å². The van der Waals surface area contributed by atoms with E-state index in [1.54, 1.807) is 24.0 Å². The first-order chi connectivity index (χ1) is 13.7. The third-order valence-corrected chi connectivity index (χ3v) is 6.62. The summed E-state index contributed by atoms with van der Waals surface area (Å²) in [5, 5.41) is 2.49. The summed E-state index contributed by atoms with van der Waals surface area (Å²) < 4.78 is 38.5. The fourth-order valence-electron chi connectivity index (χ4n) is 3.49. The smallest absolute Gasteiger partial charge is 0.226 e. The maximum Gasteiger partial charge on any atom is 0.226 e. The van der Waals surface area contributed by atoms with E-state index in [1.807, 2.05) is 6.92 Å². The number of benzene rings is 2. The van der Waals surface area contributed by atoms with Crippen molar-refractivity contribution in [3.05, 3.63) is 53.8 Å². The molecular formula is C21H23FN2O4S. The number of fused-ring (bicyclic) bond motifs is 1. The predicted octanol–water partition coefficient (Wildman–Crippen LogP) is 3.32. The van der Waals surface area contributed by atoms with Crippen LogP contribution in [0.15, 0.2) is 47.4 Å². The molecule has 6 nitrogen and oxygen atoms in total. The molecule has 2 aromatic carbocycles. The highest BCUT2D eigenvalue weighted by molar-refractivity contribution is 7.91. The Morgan fingerprint density at radius 3 is 2.66 bits per heavy atom. The first-order valence-corrected chi connectivity index (χ1v) is 11.1. The van der Waals surface area contributed by atoms with Crippen molar-refractivity contribution in [1.82, 2.24) is 0 Å². The Hall–Kier alpha value is -2.74. The van der Waals surface area contributed by atoms with Crippen molar-refractivity contribution in [3.63, 3.8) is 0 Å². The maximum absolute atomic E-state index is 13.2. The van der Waals surface area contributed by atoms with Crippen molar-refractivity contribution in [1.29, 1.82) is 0 Å². The SMILES string of the molecule is CCC(=O)N1c2ccc(S(=O)(=O)CCC(=O)Nc3cccc(F)c3)cc2C[C@H]1C. The van der Waals surface area contributed by atoms with Crippen LogP contribution in [0.4, 0.5) is 15.8 Å². The average molecular weight is 418 g/mol. The van der Waals surface area contributed by atoms with E-state index in [-0.39, 0.29) is 34.7 Å². The van der Waals surface area contributed by atoms with Crippen LogP contribution in [-0.2, 0) is 25.8 Å². The van der Waals surface area contributed by atoms with Crippen LogP contribution in [0.5, 0.6) is 0 Å². The fraction of sp³-hybridized carbons (Fsp3) is 0.333. The summed E-state index contributed by atoms with van der Waals surface area (Å²) in [6, 6.07) is 10.1. The lowest BCUT2D eigenvalue weighted by Gasteiger charge is -2.22. The van der Waals surface area contributed by atoms with Gasteiger partial charge in [0, 0.05) is 30.3 Å². The lowest BCUT2D eigenvalue weighted by atomic mass is 10.1. The molecule has 0 saturated heterocycles. The van der Waals surface area contributed by atoms with E-state index in [0.29, 0.717) is 12.8 Å². The predicted molar refractivity (Wildman–Crippen MR) is 109 cm³/mol. The Balaban J connectivity index is 1.70. The zero-order chi connectivity index (χ0) is 21.2. The van der Waals surface area contributed by atoms with Crippen LogP contribution < -0.4 is 10.2 Å². The second-order valence-electron chi connectivity index (χ2n) is 7.09. The molecule has 0 aromatic heterocycles. The number of halogens is 1. The molecule has 0 fully saturated rings. The number of carbonyl (C=O) groups excluding carboxylic acids is 2. The van der Waals surface area contributed by atoms with Gasteiger partial charge >= 0.3 is 0 Å². The highest BCUT2D eigenvalue weighted by Crippen LogP contribution is 2.34. The molecule has 0 unspecified atom stereocenters. The van der Waals surface area contributed by atoms with Crippen molar-refractivity contribution in [2.45, 2.75) is 44.0 Å². The van der Waals surface area contributed by atoms with Crippen molar-refractivity contribution < 1.29 is 22.4 Å². The lowest BCUT2D eigenvalue weighted by Crippen LogP contribution is -2.35. The van der Waals surface area contributed by atoms with Gasteiger partial charge in [-0.2, -0.15) is 0 Å². The van der Waals surface area contributed by atoms with Gasteiger partial charge < -0.3 is 10.2 Å². The van der Waals surface area contributed by atoms with Crippen molar-refractivity contribution >= 4 is 33.0 Å². The second kappa shape index (κ2) is 8.32. The van der Waals surface area contributed by atoms with E-state index in [1.165, 1.54) is 24.3 Å². The number of anilines is 2. The van der Waals surface area contributed by atoms with Gasteiger partial charge in [0.05, 0.1) is 10.6 Å². The zero-order valence-corrected chi connectivity index (χ0v) is 17.1. The molecule has 1 aliphatic heterocycles. The molecule has 8 heteroatoms. The molecule has 0 bridgehead atoms.